The second-order valence-electron chi connectivity index (χ2n) is 5.99. The van der Waals surface area contributed by atoms with Gasteiger partial charge in [-0.25, -0.2) is 4.79 Å². The highest BCUT2D eigenvalue weighted by Crippen LogP contribution is 2.36. The molecule has 0 saturated carbocycles. The molecule has 1 aromatic carbocycles. The lowest BCUT2D eigenvalue weighted by Gasteiger charge is -2.27. The number of hydrogen-bond donors (Lipinski definition) is 1. The van der Waals surface area contributed by atoms with E-state index in [4.69, 9.17) is 14.6 Å². The maximum Gasteiger partial charge on any atom is 0.414 e. The Labute approximate surface area is 139 Å². The number of anilines is 1. The second-order valence-corrected chi connectivity index (χ2v) is 5.99. The van der Waals surface area contributed by atoms with Gasteiger partial charge in [-0.3, -0.25) is 9.88 Å². The highest BCUT2D eigenvalue weighted by molar-refractivity contribution is 5.90. The number of ether oxygens (including phenoxy) is 1. The summed E-state index contributed by atoms with van der Waals surface area (Å²) in [5.74, 6) is 0. The van der Waals surface area contributed by atoms with Crippen LogP contribution in [0.5, 0.6) is 0 Å². The van der Waals surface area contributed by atoms with E-state index in [1.807, 2.05) is 24.5 Å². The lowest BCUT2D eigenvalue weighted by molar-refractivity contribution is 0.143. The first kappa shape index (κ1) is 11.2. The molecule has 1 aromatic heterocycles. The van der Waals surface area contributed by atoms with Crippen LogP contribution in [0, 0.1) is 0 Å². The zero-order valence-corrected chi connectivity index (χ0v) is 12.6. The standard InChI is InChI=1S/C18H19N3O2/c1-21-17-6-5-11(7-12(17)10-23-18(21)22)14-8-20-9-15-13(14)3-2-4-16(15)19/h5-9,16H,2-4,10,19H2,1H3/i1D3. The Morgan fingerprint density at radius 2 is 2.35 bits per heavy atom. The van der Waals surface area contributed by atoms with Crippen LogP contribution < -0.4 is 10.6 Å². The zero-order valence-electron chi connectivity index (χ0n) is 15.6. The molecule has 0 spiro atoms. The van der Waals surface area contributed by atoms with Crippen molar-refractivity contribution < 1.29 is 13.6 Å². The van der Waals surface area contributed by atoms with Gasteiger partial charge in [0.05, 0.1) is 5.69 Å². The summed E-state index contributed by atoms with van der Waals surface area (Å²) in [6, 6.07) is 5.36. The number of fused-ring (bicyclic) bond motifs is 2. The van der Waals surface area contributed by atoms with Crippen LogP contribution in [-0.2, 0) is 17.8 Å². The minimum atomic E-state index is -2.59. The summed E-state index contributed by atoms with van der Waals surface area (Å²) in [6.07, 6.45) is 5.71. The lowest BCUT2D eigenvalue weighted by atomic mass is 9.85. The summed E-state index contributed by atoms with van der Waals surface area (Å²) in [5, 5.41) is 0. The van der Waals surface area contributed by atoms with Crippen LogP contribution in [0.2, 0.25) is 0 Å². The summed E-state index contributed by atoms with van der Waals surface area (Å²) in [7, 11) is 0. The molecular formula is C18H19N3O2. The quantitative estimate of drug-likeness (QED) is 0.878. The Bertz CT molecular complexity index is 882. The monoisotopic (exact) mass is 312 g/mol. The van der Waals surface area contributed by atoms with Crippen LogP contribution in [0.3, 0.4) is 0 Å². The lowest BCUT2D eigenvalue weighted by Crippen LogP contribution is -2.31. The molecule has 0 fully saturated rings. The number of rotatable bonds is 1. The molecule has 1 aliphatic carbocycles. The molecule has 2 aliphatic rings. The fraction of sp³-hybridized carbons (Fsp3) is 0.333. The number of carbonyl (C=O) groups excluding carboxylic acids is 1. The van der Waals surface area contributed by atoms with Gasteiger partial charge in [-0.05, 0) is 48.1 Å². The van der Waals surface area contributed by atoms with Gasteiger partial charge in [0.1, 0.15) is 6.61 Å². The average Bonchev–Trinajstić information content (AvgIpc) is 2.60. The molecule has 1 atom stereocenters. The third-order valence-corrected chi connectivity index (χ3v) is 4.60. The molecule has 2 N–H and O–H groups in total. The molecule has 5 heteroatoms. The normalized spacial score (nSPS) is 22.3. The highest BCUT2D eigenvalue weighted by atomic mass is 16.6. The van der Waals surface area contributed by atoms with Crippen molar-refractivity contribution in [2.75, 3.05) is 11.9 Å². The molecule has 1 amide bonds. The molecule has 5 nitrogen and oxygen atoms in total. The van der Waals surface area contributed by atoms with Crippen LogP contribution in [0.4, 0.5) is 10.5 Å². The van der Waals surface area contributed by atoms with Crippen LogP contribution in [0.25, 0.3) is 11.1 Å². The molecule has 1 aliphatic heterocycles. The van der Waals surface area contributed by atoms with E-state index in [2.05, 4.69) is 4.98 Å². The minimum absolute atomic E-state index is 0.00386. The zero-order chi connectivity index (χ0) is 18.5. The van der Waals surface area contributed by atoms with Crippen molar-refractivity contribution in [1.29, 1.82) is 0 Å². The van der Waals surface area contributed by atoms with Gasteiger partial charge in [0.15, 0.2) is 0 Å². The van der Waals surface area contributed by atoms with Crippen LogP contribution >= 0.6 is 0 Å². The number of nitrogens with zero attached hydrogens (tertiary/aromatic N) is 2. The summed E-state index contributed by atoms with van der Waals surface area (Å²) in [5.41, 5.74) is 11.4. The Hall–Kier alpha value is -2.40. The van der Waals surface area contributed by atoms with Gasteiger partial charge in [-0.15, -0.1) is 0 Å². The largest absolute Gasteiger partial charge is 0.444 e. The Kier molecular flexibility index (Phi) is 2.60. The third-order valence-electron chi connectivity index (χ3n) is 4.60. The highest BCUT2D eigenvalue weighted by Gasteiger charge is 2.24. The number of hydrogen-bond acceptors (Lipinski definition) is 4. The molecule has 4 rings (SSSR count). The smallest absolute Gasteiger partial charge is 0.414 e. The number of cyclic esters (lactones) is 1. The van der Waals surface area contributed by atoms with Crippen LogP contribution in [-0.4, -0.2) is 18.1 Å². The van der Waals surface area contributed by atoms with E-state index >= 15 is 0 Å². The SMILES string of the molecule is [2H]C([2H])([2H])N1C(=O)OCc2cc(-c3cncc4c3CCCC4N)ccc21. The van der Waals surface area contributed by atoms with E-state index in [-0.39, 0.29) is 12.6 Å². The first-order chi connectivity index (χ1) is 12.4. The van der Waals surface area contributed by atoms with E-state index in [0.29, 0.717) is 11.3 Å². The van der Waals surface area contributed by atoms with E-state index in [1.54, 1.807) is 6.07 Å². The van der Waals surface area contributed by atoms with Gasteiger partial charge >= 0.3 is 6.09 Å². The van der Waals surface area contributed by atoms with Crippen molar-refractivity contribution in [2.45, 2.75) is 31.9 Å². The Morgan fingerprint density at radius 3 is 3.22 bits per heavy atom. The van der Waals surface area contributed by atoms with Gasteiger partial charge in [-0.2, -0.15) is 0 Å². The maximum absolute atomic E-state index is 11.9. The van der Waals surface area contributed by atoms with Crippen LogP contribution in [0.15, 0.2) is 30.6 Å². The number of amides is 1. The van der Waals surface area contributed by atoms with E-state index in [1.165, 1.54) is 5.56 Å². The summed E-state index contributed by atoms with van der Waals surface area (Å²) >= 11 is 0. The van der Waals surface area contributed by atoms with Crippen molar-refractivity contribution in [1.82, 2.24) is 4.98 Å². The molecular weight excluding hydrogens is 290 g/mol. The third kappa shape index (κ3) is 2.28. The molecule has 2 aromatic rings. The molecule has 0 saturated heterocycles. The molecule has 0 radical (unpaired) electrons. The van der Waals surface area contributed by atoms with Gasteiger partial charge in [0.2, 0.25) is 0 Å². The number of carbonyl (C=O) groups is 1. The fourth-order valence-corrected chi connectivity index (χ4v) is 3.39. The van der Waals surface area contributed by atoms with Crippen molar-refractivity contribution in [2.24, 2.45) is 5.73 Å². The van der Waals surface area contributed by atoms with Gasteiger partial charge in [0, 0.05) is 40.7 Å². The molecule has 1 unspecified atom stereocenters. The summed E-state index contributed by atoms with van der Waals surface area (Å²) < 4.78 is 27.8. The molecule has 2 heterocycles. The summed E-state index contributed by atoms with van der Waals surface area (Å²) in [4.78, 5) is 17.0. The van der Waals surface area contributed by atoms with Gasteiger partial charge < -0.3 is 10.5 Å². The van der Waals surface area contributed by atoms with Crippen molar-refractivity contribution in [3.63, 3.8) is 0 Å². The predicted molar refractivity (Wildman–Crippen MR) is 88.1 cm³/mol. The Morgan fingerprint density at radius 1 is 1.43 bits per heavy atom. The minimum Gasteiger partial charge on any atom is -0.444 e. The first-order valence-electron chi connectivity index (χ1n) is 9.19. The van der Waals surface area contributed by atoms with Gasteiger partial charge in [-0.1, -0.05) is 6.07 Å². The molecule has 118 valence electrons. The van der Waals surface area contributed by atoms with Crippen molar-refractivity contribution in [3.8, 4) is 11.1 Å². The number of benzene rings is 1. The topological polar surface area (TPSA) is 68.5 Å². The maximum atomic E-state index is 11.9. The van der Waals surface area contributed by atoms with Crippen LogP contribution in [0.1, 0.15) is 39.7 Å². The first-order valence-corrected chi connectivity index (χ1v) is 7.69. The summed E-state index contributed by atoms with van der Waals surface area (Å²) in [6.45, 7) is -2.54. The Balaban J connectivity index is 1.80. The van der Waals surface area contributed by atoms with E-state index in [9.17, 15) is 4.79 Å². The number of pyridine rings is 1. The van der Waals surface area contributed by atoms with E-state index < -0.39 is 13.1 Å². The van der Waals surface area contributed by atoms with E-state index in [0.717, 1.165) is 40.9 Å². The number of nitrogens with two attached hydrogens (primary N) is 1. The number of aromatic nitrogens is 1. The average molecular weight is 312 g/mol. The predicted octanol–water partition coefficient (Wildman–Crippen LogP) is 3.17. The van der Waals surface area contributed by atoms with Crippen molar-refractivity contribution >= 4 is 11.8 Å². The molecule has 0 bridgehead atoms. The second kappa shape index (κ2) is 5.35. The fourth-order valence-electron chi connectivity index (χ4n) is 3.39. The van der Waals surface area contributed by atoms with Crippen molar-refractivity contribution in [3.05, 3.63) is 47.3 Å². The molecule has 23 heavy (non-hydrogen) atoms. The van der Waals surface area contributed by atoms with Gasteiger partial charge in [0.25, 0.3) is 0 Å².